The number of primary amides is 1. The second-order valence-corrected chi connectivity index (χ2v) is 6.98. The van der Waals surface area contributed by atoms with Gasteiger partial charge in [-0.3, -0.25) is 10.1 Å². The zero-order valence-electron chi connectivity index (χ0n) is 14.2. The van der Waals surface area contributed by atoms with Crippen LogP contribution in [0, 0.1) is 5.92 Å². The van der Waals surface area contributed by atoms with E-state index in [1.807, 2.05) is 0 Å². The van der Waals surface area contributed by atoms with Crippen LogP contribution in [-0.2, 0) is 11.0 Å². The number of halogens is 3. The maximum absolute atomic E-state index is 13.1. The number of alkyl halides is 3. The molecule has 0 radical (unpaired) electrons. The van der Waals surface area contributed by atoms with E-state index in [4.69, 9.17) is 5.73 Å². The standard InChI is InChI=1S/C16H16F3N5O2S/c1-24(9-6-8(7-9)12(20)25)15(26)22-14-21-13(23-27-14)10-4-2-3-5-11(10)16(17,18)19/h2-5,8-9H,6-7H2,1H3,(H2,20,25)(H,21,22,23,26). The van der Waals surface area contributed by atoms with E-state index in [0.29, 0.717) is 12.8 Å². The van der Waals surface area contributed by atoms with Crippen molar-refractivity contribution in [3.05, 3.63) is 29.8 Å². The fraction of sp³-hybridized carbons (Fsp3) is 0.375. The fourth-order valence-electron chi connectivity index (χ4n) is 2.79. The van der Waals surface area contributed by atoms with Crippen LogP contribution in [0.2, 0.25) is 0 Å². The fourth-order valence-corrected chi connectivity index (χ4v) is 3.36. The molecule has 3 rings (SSSR count). The smallest absolute Gasteiger partial charge is 0.369 e. The Bertz CT molecular complexity index is 864. The van der Waals surface area contributed by atoms with E-state index in [-0.39, 0.29) is 28.5 Å². The summed E-state index contributed by atoms with van der Waals surface area (Å²) >= 11 is 0.791. The van der Waals surface area contributed by atoms with Crippen LogP contribution in [-0.4, -0.2) is 39.3 Å². The first kappa shape index (κ1) is 19.1. The Balaban J connectivity index is 1.69. The third-order valence-corrected chi connectivity index (χ3v) is 5.13. The summed E-state index contributed by atoms with van der Waals surface area (Å²) in [5.74, 6) is -0.738. The number of benzene rings is 1. The number of carbonyl (C=O) groups excluding carboxylic acids is 2. The molecular weight excluding hydrogens is 383 g/mol. The van der Waals surface area contributed by atoms with E-state index in [0.717, 1.165) is 17.6 Å². The van der Waals surface area contributed by atoms with Gasteiger partial charge >= 0.3 is 12.2 Å². The van der Waals surface area contributed by atoms with Gasteiger partial charge in [-0.15, -0.1) is 0 Å². The molecular formula is C16H16F3N5O2S. The van der Waals surface area contributed by atoms with Gasteiger partial charge in [0.05, 0.1) is 5.56 Å². The number of hydrogen-bond acceptors (Lipinski definition) is 5. The molecule has 1 aliphatic carbocycles. The van der Waals surface area contributed by atoms with E-state index in [9.17, 15) is 22.8 Å². The summed E-state index contributed by atoms with van der Waals surface area (Å²) < 4.78 is 43.3. The molecule has 1 heterocycles. The van der Waals surface area contributed by atoms with Crippen LogP contribution in [0.25, 0.3) is 11.4 Å². The number of carbonyl (C=O) groups is 2. The molecule has 0 atom stereocenters. The van der Waals surface area contributed by atoms with Gasteiger partial charge in [0.1, 0.15) is 0 Å². The molecule has 0 aliphatic heterocycles. The quantitative estimate of drug-likeness (QED) is 0.825. The highest BCUT2D eigenvalue weighted by Crippen LogP contribution is 2.36. The molecule has 0 bridgehead atoms. The van der Waals surface area contributed by atoms with Crippen LogP contribution in [0.15, 0.2) is 24.3 Å². The number of aromatic nitrogens is 2. The summed E-state index contributed by atoms with van der Waals surface area (Å²) in [7, 11) is 1.57. The summed E-state index contributed by atoms with van der Waals surface area (Å²) in [5.41, 5.74) is 4.21. The van der Waals surface area contributed by atoms with E-state index >= 15 is 0 Å². The maximum atomic E-state index is 13.1. The molecule has 0 saturated heterocycles. The monoisotopic (exact) mass is 399 g/mol. The van der Waals surface area contributed by atoms with Gasteiger partial charge in [-0.25, -0.2) is 4.79 Å². The van der Waals surface area contributed by atoms with Crippen LogP contribution < -0.4 is 11.1 Å². The minimum atomic E-state index is -4.54. The van der Waals surface area contributed by atoms with E-state index < -0.39 is 23.7 Å². The normalized spacial score (nSPS) is 19.3. The lowest BCUT2D eigenvalue weighted by atomic mass is 9.79. The first-order valence-corrected chi connectivity index (χ1v) is 8.77. The molecule has 27 heavy (non-hydrogen) atoms. The largest absolute Gasteiger partial charge is 0.417 e. The average molecular weight is 399 g/mol. The van der Waals surface area contributed by atoms with Crippen LogP contribution in [0.5, 0.6) is 0 Å². The first-order chi connectivity index (χ1) is 12.7. The Labute approximate surface area is 156 Å². The number of anilines is 1. The SMILES string of the molecule is CN(C(=O)Nc1nc(-c2ccccc2C(F)(F)F)ns1)C1CC(C(N)=O)C1. The number of urea groups is 1. The number of nitrogens with two attached hydrogens (primary N) is 1. The van der Waals surface area contributed by atoms with Crippen LogP contribution in [0.4, 0.5) is 23.1 Å². The third-order valence-electron chi connectivity index (χ3n) is 4.50. The van der Waals surface area contributed by atoms with Gasteiger partial charge in [-0.1, -0.05) is 18.2 Å². The molecule has 1 aromatic carbocycles. The highest BCUT2D eigenvalue weighted by Gasteiger charge is 2.37. The van der Waals surface area contributed by atoms with Gasteiger partial charge in [0.2, 0.25) is 11.0 Å². The topological polar surface area (TPSA) is 101 Å². The Kier molecular flexibility index (Phi) is 5.05. The molecule has 0 unspecified atom stereocenters. The minimum absolute atomic E-state index is 0.0876. The van der Waals surface area contributed by atoms with Crippen LogP contribution in [0.1, 0.15) is 18.4 Å². The molecule has 1 aromatic heterocycles. The zero-order valence-corrected chi connectivity index (χ0v) is 15.0. The van der Waals surface area contributed by atoms with Crippen LogP contribution in [0.3, 0.4) is 0 Å². The summed E-state index contributed by atoms with van der Waals surface area (Å²) in [5, 5.41) is 2.61. The summed E-state index contributed by atoms with van der Waals surface area (Å²) in [4.78, 5) is 28.7. The highest BCUT2D eigenvalue weighted by molar-refractivity contribution is 7.10. The summed E-state index contributed by atoms with van der Waals surface area (Å²) in [6.45, 7) is 0. The van der Waals surface area contributed by atoms with Gasteiger partial charge < -0.3 is 10.6 Å². The number of amides is 3. The molecule has 2 aromatic rings. The van der Waals surface area contributed by atoms with Gasteiger partial charge in [-0.05, 0) is 18.9 Å². The van der Waals surface area contributed by atoms with Crippen molar-refractivity contribution >= 4 is 28.6 Å². The van der Waals surface area contributed by atoms with Crippen molar-refractivity contribution in [1.29, 1.82) is 0 Å². The Hall–Kier alpha value is -2.69. The molecule has 1 fully saturated rings. The second-order valence-electron chi connectivity index (χ2n) is 6.23. The first-order valence-electron chi connectivity index (χ1n) is 8.00. The minimum Gasteiger partial charge on any atom is -0.369 e. The lowest BCUT2D eigenvalue weighted by Gasteiger charge is -2.39. The van der Waals surface area contributed by atoms with Gasteiger partial charge in [0, 0.05) is 36.1 Å². The predicted molar refractivity (Wildman–Crippen MR) is 92.8 cm³/mol. The highest BCUT2D eigenvalue weighted by atomic mass is 32.1. The zero-order chi connectivity index (χ0) is 19.8. The third kappa shape index (κ3) is 4.02. The second kappa shape index (κ2) is 7.14. The van der Waals surface area contributed by atoms with Crippen molar-refractivity contribution in [3.8, 4) is 11.4 Å². The number of nitrogens with zero attached hydrogens (tertiary/aromatic N) is 3. The van der Waals surface area contributed by atoms with Gasteiger partial charge in [-0.2, -0.15) is 22.5 Å². The number of rotatable bonds is 4. The predicted octanol–water partition coefficient (Wildman–Crippen LogP) is 2.95. The molecule has 0 spiro atoms. The van der Waals surface area contributed by atoms with Gasteiger partial charge in [0.15, 0.2) is 5.82 Å². The molecule has 1 aliphatic rings. The average Bonchev–Trinajstić information content (AvgIpc) is 3.00. The van der Waals surface area contributed by atoms with E-state index in [1.165, 1.54) is 23.1 Å². The van der Waals surface area contributed by atoms with Crippen molar-refractivity contribution in [2.45, 2.75) is 25.1 Å². The molecule has 11 heteroatoms. The Morgan fingerprint density at radius 1 is 1.30 bits per heavy atom. The molecule has 1 saturated carbocycles. The van der Waals surface area contributed by atoms with Crippen molar-refractivity contribution < 1.29 is 22.8 Å². The molecule has 144 valence electrons. The van der Waals surface area contributed by atoms with E-state index in [1.54, 1.807) is 7.05 Å². The molecule has 3 amide bonds. The Morgan fingerprint density at radius 3 is 2.59 bits per heavy atom. The van der Waals surface area contributed by atoms with Crippen molar-refractivity contribution in [1.82, 2.24) is 14.3 Å². The summed E-state index contributed by atoms with van der Waals surface area (Å²) in [6.07, 6.45) is -3.56. The van der Waals surface area contributed by atoms with Crippen molar-refractivity contribution in [2.75, 3.05) is 12.4 Å². The number of hydrogen-bond donors (Lipinski definition) is 2. The Morgan fingerprint density at radius 2 is 1.96 bits per heavy atom. The number of nitrogens with one attached hydrogen (secondary N) is 1. The summed E-state index contributed by atoms with van der Waals surface area (Å²) in [6, 6.07) is 4.38. The van der Waals surface area contributed by atoms with Crippen LogP contribution >= 0.6 is 11.5 Å². The lowest BCUT2D eigenvalue weighted by Crippen LogP contribution is -2.50. The molecule has 3 N–H and O–H groups in total. The lowest BCUT2D eigenvalue weighted by molar-refractivity contribution is -0.137. The van der Waals surface area contributed by atoms with Crippen molar-refractivity contribution in [3.63, 3.8) is 0 Å². The molecule has 7 nitrogen and oxygen atoms in total. The van der Waals surface area contributed by atoms with Gasteiger partial charge in [0.25, 0.3) is 0 Å². The van der Waals surface area contributed by atoms with Crippen molar-refractivity contribution in [2.24, 2.45) is 11.7 Å². The van der Waals surface area contributed by atoms with E-state index in [2.05, 4.69) is 14.7 Å². The maximum Gasteiger partial charge on any atom is 0.417 e.